The van der Waals surface area contributed by atoms with E-state index in [4.69, 9.17) is 4.42 Å². The zero-order chi connectivity index (χ0) is 16.9. The van der Waals surface area contributed by atoms with Crippen molar-refractivity contribution in [3.05, 3.63) is 40.8 Å². The number of rotatable bonds is 5. The summed E-state index contributed by atoms with van der Waals surface area (Å²) in [4.78, 5) is 20.2. The minimum atomic E-state index is -0.196. The van der Waals surface area contributed by atoms with E-state index in [2.05, 4.69) is 22.1 Å². The van der Waals surface area contributed by atoms with Gasteiger partial charge >= 0.3 is 0 Å². The van der Waals surface area contributed by atoms with Gasteiger partial charge in [-0.1, -0.05) is 6.92 Å². The molecule has 0 aromatic carbocycles. The SMILES string of the molecule is Cc1nc(NC(=O)/C=C/c2ccco2)sc1CN1CCC(C)CC1. The topological polar surface area (TPSA) is 58.4 Å². The Morgan fingerprint density at radius 2 is 2.29 bits per heavy atom. The van der Waals surface area contributed by atoms with Crippen LogP contribution >= 0.6 is 11.3 Å². The van der Waals surface area contributed by atoms with Gasteiger partial charge in [0.2, 0.25) is 5.91 Å². The van der Waals surface area contributed by atoms with E-state index in [1.165, 1.54) is 23.8 Å². The summed E-state index contributed by atoms with van der Waals surface area (Å²) in [7, 11) is 0. The van der Waals surface area contributed by atoms with E-state index in [1.807, 2.05) is 6.92 Å². The third-order valence-corrected chi connectivity index (χ3v) is 5.37. The molecule has 1 N–H and O–H groups in total. The van der Waals surface area contributed by atoms with E-state index in [-0.39, 0.29) is 5.91 Å². The highest BCUT2D eigenvalue weighted by atomic mass is 32.1. The quantitative estimate of drug-likeness (QED) is 0.834. The average molecular weight is 345 g/mol. The van der Waals surface area contributed by atoms with E-state index in [0.717, 1.165) is 31.2 Å². The monoisotopic (exact) mass is 345 g/mol. The third-order valence-electron chi connectivity index (χ3n) is 4.31. The first-order chi connectivity index (χ1) is 11.6. The first kappa shape index (κ1) is 16.9. The molecule has 24 heavy (non-hydrogen) atoms. The predicted molar refractivity (Wildman–Crippen MR) is 96.9 cm³/mol. The molecule has 6 heteroatoms. The Labute approximate surface area is 146 Å². The molecule has 3 rings (SSSR count). The number of piperidine rings is 1. The van der Waals surface area contributed by atoms with Gasteiger partial charge in [-0.3, -0.25) is 15.0 Å². The molecule has 3 heterocycles. The molecule has 0 bridgehead atoms. The Bertz CT molecular complexity index is 698. The lowest BCUT2D eigenvalue weighted by Crippen LogP contribution is -2.32. The average Bonchev–Trinajstić information content (AvgIpc) is 3.18. The lowest BCUT2D eigenvalue weighted by molar-refractivity contribution is -0.111. The van der Waals surface area contributed by atoms with Crippen molar-refractivity contribution in [1.82, 2.24) is 9.88 Å². The molecule has 2 aromatic heterocycles. The van der Waals surface area contributed by atoms with Crippen LogP contribution in [-0.4, -0.2) is 28.9 Å². The number of hydrogen-bond donors (Lipinski definition) is 1. The summed E-state index contributed by atoms with van der Waals surface area (Å²) >= 11 is 1.56. The Kier molecular flexibility index (Phi) is 5.48. The number of hydrogen-bond acceptors (Lipinski definition) is 5. The van der Waals surface area contributed by atoms with Crippen LogP contribution in [0, 0.1) is 12.8 Å². The number of carbonyl (C=O) groups is 1. The van der Waals surface area contributed by atoms with Gasteiger partial charge in [-0.05, 0) is 57.0 Å². The van der Waals surface area contributed by atoms with Crippen LogP contribution in [-0.2, 0) is 11.3 Å². The molecule has 0 atom stereocenters. The molecule has 0 spiro atoms. The van der Waals surface area contributed by atoms with Crippen LogP contribution in [0.4, 0.5) is 5.13 Å². The minimum absolute atomic E-state index is 0.196. The first-order valence-corrected chi connectivity index (χ1v) is 9.13. The molecule has 2 aromatic rings. The number of nitrogens with zero attached hydrogens (tertiary/aromatic N) is 2. The number of carbonyl (C=O) groups excluding carboxylic acids is 1. The highest BCUT2D eigenvalue weighted by Gasteiger charge is 2.18. The third kappa shape index (κ3) is 4.55. The van der Waals surface area contributed by atoms with Gasteiger partial charge in [0.15, 0.2) is 5.13 Å². The minimum Gasteiger partial charge on any atom is -0.465 e. The van der Waals surface area contributed by atoms with E-state index in [0.29, 0.717) is 10.9 Å². The summed E-state index contributed by atoms with van der Waals surface area (Å²) in [5, 5.41) is 3.49. The van der Waals surface area contributed by atoms with Crippen molar-refractivity contribution in [3.63, 3.8) is 0 Å². The summed E-state index contributed by atoms with van der Waals surface area (Å²) in [6, 6.07) is 3.59. The fourth-order valence-corrected chi connectivity index (χ4v) is 3.75. The van der Waals surface area contributed by atoms with Crippen molar-refractivity contribution in [2.75, 3.05) is 18.4 Å². The van der Waals surface area contributed by atoms with Gasteiger partial charge in [0.05, 0.1) is 12.0 Å². The van der Waals surface area contributed by atoms with Gasteiger partial charge in [0.1, 0.15) is 5.76 Å². The lowest BCUT2D eigenvalue weighted by Gasteiger charge is -2.29. The van der Waals surface area contributed by atoms with Crippen LogP contribution in [0.2, 0.25) is 0 Å². The first-order valence-electron chi connectivity index (χ1n) is 8.31. The van der Waals surface area contributed by atoms with Crippen LogP contribution in [0.5, 0.6) is 0 Å². The summed E-state index contributed by atoms with van der Waals surface area (Å²) in [5.41, 5.74) is 1.00. The van der Waals surface area contributed by atoms with Gasteiger partial charge in [-0.2, -0.15) is 0 Å². The molecule has 1 fully saturated rings. The van der Waals surface area contributed by atoms with Crippen molar-refractivity contribution in [2.24, 2.45) is 5.92 Å². The number of aryl methyl sites for hydroxylation is 1. The van der Waals surface area contributed by atoms with Crippen molar-refractivity contribution in [1.29, 1.82) is 0 Å². The largest absolute Gasteiger partial charge is 0.465 e. The predicted octanol–water partition coefficient (Wildman–Crippen LogP) is 3.93. The molecule has 0 saturated carbocycles. The molecule has 0 unspecified atom stereocenters. The van der Waals surface area contributed by atoms with Gasteiger partial charge in [0.25, 0.3) is 0 Å². The number of amides is 1. The number of furan rings is 1. The molecule has 0 radical (unpaired) electrons. The molecule has 0 aliphatic carbocycles. The Hall–Kier alpha value is -1.92. The Balaban J connectivity index is 1.56. The maximum absolute atomic E-state index is 12.0. The number of anilines is 1. The second-order valence-electron chi connectivity index (χ2n) is 6.32. The van der Waals surface area contributed by atoms with E-state index >= 15 is 0 Å². The molecular formula is C18H23N3O2S. The van der Waals surface area contributed by atoms with Gasteiger partial charge < -0.3 is 4.42 Å². The second-order valence-corrected chi connectivity index (χ2v) is 7.41. The lowest BCUT2D eigenvalue weighted by atomic mass is 9.99. The normalized spacial score (nSPS) is 16.8. The molecule has 1 aliphatic heterocycles. The molecule has 1 aliphatic rings. The number of aromatic nitrogens is 1. The summed E-state index contributed by atoms with van der Waals surface area (Å²) in [6.07, 6.45) is 7.21. The van der Waals surface area contributed by atoms with E-state index in [1.54, 1.807) is 35.8 Å². The Morgan fingerprint density at radius 1 is 1.50 bits per heavy atom. The highest BCUT2D eigenvalue weighted by molar-refractivity contribution is 7.15. The fourth-order valence-electron chi connectivity index (χ4n) is 2.74. The molecule has 1 amide bonds. The van der Waals surface area contributed by atoms with Crippen molar-refractivity contribution < 1.29 is 9.21 Å². The van der Waals surface area contributed by atoms with Crippen LogP contribution in [0.1, 0.15) is 36.1 Å². The summed E-state index contributed by atoms with van der Waals surface area (Å²) in [5.74, 6) is 1.29. The highest BCUT2D eigenvalue weighted by Crippen LogP contribution is 2.26. The summed E-state index contributed by atoms with van der Waals surface area (Å²) < 4.78 is 5.16. The standard InChI is InChI=1S/C18H23N3O2S/c1-13-7-9-21(10-8-13)12-16-14(2)19-18(24-16)20-17(22)6-5-15-4-3-11-23-15/h3-6,11,13H,7-10,12H2,1-2H3,(H,19,20,22)/b6-5+. The molecule has 5 nitrogen and oxygen atoms in total. The maximum Gasteiger partial charge on any atom is 0.250 e. The van der Waals surface area contributed by atoms with Gasteiger partial charge in [-0.25, -0.2) is 4.98 Å². The van der Waals surface area contributed by atoms with E-state index < -0.39 is 0 Å². The zero-order valence-electron chi connectivity index (χ0n) is 14.1. The smallest absolute Gasteiger partial charge is 0.250 e. The second kappa shape index (κ2) is 7.77. The van der Waals surface area contributed by atoms with Crippen LogP contribution in [0.15, 0.2) is 28.9 Å². The van der Waals surface area contributed by atoms with Crippen molar-refractivity contribution in [3.8, 4) is 0 Å². The molecule has 1 saturated heterocycles. The van der Waals surface area contributed by atoms with Gasteiger partial charge in [0, 0.05) is 17.5 Å². The number of likely N-dealkylation sites (tertiary alicyclic amines) is 1. The Morgan fingerprint density at radius 3 is 3.00 bits per heavy atom. The van der Waals surface area contributed by atoms with Crippen LogP contribution in [0.25, 0.3) is 6.08 Å². The van der Waals surface area contributed by atoms with Crippen molar-refractivity contribution >= 4 is 28.5 Å². The number of thiazole rings is 1. The molecular weight excluding hydrogens is 322 g/mol. The summed E-state index contributed by atoms with van der Waals surface area (Å²) in [6.45, 7) is 7.54. The zero-order valence-corrected chi connectivity index (χ0v) is 14.9. The van der Waals surface area contributed by atoms with Gasteiger partial charge in [-0.15, -0.1) is 11.3 Å². The maximum atomic E-state index is 12.0. The van der Waals surface area contributed by atoms with Crippen LogP contribution in [0.3, 0.4) is 0 Å². The number of nitrogens with one attached hydrogen (secondary N) is 1. The van der Waals surface area contributed by atoms with Crippen molar-refractivity contribution in [2.45, 2.75) is 33.2 Å². The van der Waals surface area contributed by atoms with E-state index in [9.17, 15) is 4.79 Å². The van der Waals surface area contributed by atoms with Crippen LogP contribution < -0.4 is 5.32 Å². The molecule has 128 valence electrons. The fraction of sp³-hybridized carbons (Fsp3) is 0.444.